The Balaban J connectivity index is 1.91. The molecule has 0 aliphatic carbocycles. The summed E-state index contributed by atoms with van der Waals surface area (Å²) in [7, 11) is -3.57. The van der Waals surface area contributed by atoms with Crippen LogP contribution in [-0.2, 0) is 32.6 Å². The van der Waals surface area contributed by atoms with Gasteiger partial charge in [0.2, 0.25) is 21.8 Å². The molecule has 2 N–H and O–H groups in total. The van der Waals surface area contributed by atoms with Crippen molar-refractivity contribution in [3.8, 4) is 0 Å². The van der Waals surface area contributed by atoms with E-state index >= 15 is 0 Å². The van der Waals surface area contributed by atoms with Crippen molar-refractivity contribution in [2.75, 3.05) is 16.4 Å². The average molecular weight is 416 g/mol. The number of carbonyl (C=O) groups is 2. The van der Waals surface area contributed by atoms with Crippen LogP contribution in [0.15, 0.2) is 42.5 Å². The Bertz CT molecular complexity index is 1050. The minimum Gasteiger partial charge on any atom is -0.326 e. The molecule has 7 nitrogen and oxygen atoms in total. The normalized spacial score (nSPS) is 16.7. The first-order valence-corrected chi connectivity index (χ1v) is 11.1. The van der Waals surface area contributed by atoms with Crippen molar-refractivity contribution in [2.24, 2.45) is 0 Å². The van der Waals surface area contributed by atoms with Crippen LogP contribution in [0.3, 0.4) is 0 Å². The topological polar surface area (TPSA) is 95.6 Å². The van der Waals surface area contributed by atoms with E-state index in [1.807, 2.05) is 24.3 Å². The van der Waals surface area contributed by atoms with Gasteiger partial charge in [-0.05, 0) is 49.1 Å². The number of sulfonamides is 1. The molecule has 0 saturated heterocycles. The first kappa shape index (κ1) is 21.0. The van der Waals surface area contributed by atoms with E-state index in [0.29, 0.717) is 23.4 Å². The van der Waals surface area contributed by atoms with Crippen molar-refractivity contribution in [2.45, 2.75) is 39.8 Å². The first-order chi connectivity index (χ1) is 13.7. The van der Waals surface area contributed by atoms with E-state index in [1.54, 1.807) is 32.0 Å². The molecule has 2 amide bonds. The summed E-state index contributed by atoms with van der Waals surface area (Å²) in [5, 5.41) is 5.58. The lowest BCUT2D eigenvalue weighted by molar-refractivity contribution is -0.120. The van der Waals surface area contributed by atoms with Crippen molar-refractivity contribution in [1.29, 1.82) is 0 Å². The fourth-order valence-corrected chi connectivity index (χ4v) is 4.72. The second-order valence-corrected chi connectivity index (χ2v) is 9.29. The molecule has 0 radical (unpaired) electrons. The van der Waals surface area contributed by atoms with Gasteiger partial charge in [0.1, 0.15) is 6.04 Å². The number of nitrogens with one attached hydrogen (secondary N) is 2. The van der Waals surface area contributed by atoms with Gasteiger partial charge in [-0.3, -0.25) is 9.59 Å². The van der Waals surface area contributed by atoms with E-state index in [9.17, 15) is 18.0 Å². The quantitative estimate of drug-likeness (QED) is 0.785. The summed E-state index contributed by atoms with van der Waals surface area (Å²) in [4.78, 5) is 24.5. The molecule has 29 heavy (non-hydrogen) atoms. The van der Waals surface area contributed by atoms with Crippen LogP contribution >= 0.6 is 0 Å². The number of hydrogen-bond acceptors (Lipinski definition) is 4. The number of anilines is 2. The van der Waals surface area contributed by atoms with Gasteiger partial charge < -0.3 is 10.6 Å². The molecule has 154 valence electrons. The third-order valence-corrected chi connectivity index (χ3v) is 6.96. The third-order valence-electron chi connectivity index (χ3n) is 5.13. The zero-order chi connectivity index (χ0) is 21.2. The molecule has 0 saturated carbocycles. The molecule has 0 fully saturated rings. The van der Waals surface area contributed by atoms with Crippen LogP contribution in [0.5, 0.6) is 0 Å². The fraction of sp³-hybridized carbons (Fsp3) is 0.333. The number of hydrogen-bond donors (Lipinski definition) is 2. The van der Waals surface area contributed by atoms with Gasteiger partial charge in [0, 0.05) is 24.8 Å². The second-order valence-electron chi connectivity index (χ2n) is 7.08. The van der Waals surface area contributed by atoms with Gasteiger partial charge in [0.15, 0.2) is 0 Å². The van der Waals surface area contributed by atoms with E-state index in [-0.39, 0.29) is 24.1 Å². The summed E-state index contributed by atoms with van der Waals surface area (Å²) >= 11 is 0. The SMILES string of the molecule is CCS(=O)(=O)N1Cc2ccccc2C[C@H]1C(=O)Nc1cccc(NC(C)=O)c1C. The molecule has 0 bridgehead atoms. The summed E-state index contributed by atoms with van der Waals surface area (Å²) in [6.07, 6.45) is 0.311. The van der Waals surface area contributed by atoms with Crippen LogP contribution in [0.1, 0.15) is 30.5 Å². The highest BCUT2D eigenvalue weighted by molar-refractivity contribution is 7.89. The van der Waals surface area contributed by atoms with E-state index in [1.165, 1.54) is 11.2 Å². The molecular weight excluding hydrogens is 390 g/mol. The van der Waals surface area contributed by atoms with E-state index < -0.39 is 16.1 Å². The lowest BCUT2D eigenvalue weighted by Gasteiger charge is -2.35. The lowest BCUT2D eigenvalue weighted by Crippen LogP contribution is -2.51. The summed E-state index contributed by atoms with van der Waals surface area (Å²) < 4.78 is 26.6. The standard InChI is InChI=1S/C21H25N3O4S/c1-4-29(27,28)24-13-17-9-6-5-8-16(17)12-20(24)21(26)23-19-11-7-10-18(14(19)2)22-15(3)25/h5-11,20H,4,12-13H2,1-3H3,(H,22,25)(H,23,26)/t20-/m0/s1. The van der Waals surface area contributed by atoms with E-state index in [0.717, 1.165) is 11.1 Å². The van der Waals surface area contributed by atoms with Crippen LogP contribution in [0.4, 0.5) is 11.4 Å². The zero-order valence-electron chi connectivity index (χ0n) is 16.7. The number of nitrogens with zero attached hydrogens (tertiary/aromatic N) is 1. The van der Waals surface area contributed by atoms with E-state index in [2.05, 4.69) is 10.6 Å². The average Bonchev–Trinajstić information content (AvgIpc) is 2.69. The maximum absolute atomic E-state index is 13.1. The molecule has 1 aliphatic heterocycles. The van der Waals surface area contributed by atoms with Gasteiger partial charge in [-0.1, -0.05) is 30.3 Å². The number of amides is 2. The van der Waals surface area contributed by atoms with Crippen LogP contribution in [0.2, 0.25) is 0 Å². The zero-order valence-corrected chi connectivity index (χ0v) is 17.5. The molecule has 3 rings (SSSR count). The summed E-state index contributed by atoms with van der Waals surface area (Å²) in [6.45, 7) is 4.95. The monoisotopic (exact) mass is 415 g/mol. The number of benzene rings is 2. The van der Waals surface area contributed by atoms with Gasteiger partial charge in [0.25, 0.3) is 0 Å². The van der Waals surface area contributed by atoms with Crippen molar-refractivity contribution in [1.82, 2.24) is 4.31 Å². The highest BCUT2D eigenvalue weighted by atomic mass is 32.2. The highest BCUT2D eigenvalue weighted by Crippen LogP contribution is 2.28. The molecule has 1 heterocycles. The van der Waals surface area contributed by atoms with Gasteiger partial charge in [0.05, 0.1) is 5.75 Å². The maximum Gasteiger partial charge on any atom is 0.243 e. The predicted molar refractivity (Wildman–Crippen MR) is 113 cm³/mol. The Hall–Kier alpha value is -2.71. The van der Waals surface area contributed by atoms with Gasteiger partial charge in [-0.2, -0.15) is 4.31 Å². The molecule has 2 aromatic rings. The Morgan fingerprint density at radius 1 is 1.03 bits per heavy atom. The Morgan fingerprint density at radius 3 is 2.28 bits per heavy atom. The summed E-state index contributed by atoms with van der Waals surface area (Å²) in [5.74, 6) is -0.670. The van der Waals surface area contributed by atoms with Crippen LogP contribution < -0.4 is 10.6 Å². The molecule has 8 heteroatoms. The van der Waals surface area contributed by atoms with Crippen LogP contribution in [0.25, 0.3) is 0 Å². The fourth-order valence-electron chi connectivity index (χ4n) is 3.49. The van der Waals surface area contributed by atoms with Crippen LogP contribution in [-0.4, -0.2) is 36.3 Å². The second kappa shape index (κ2) is 8.34. The summed E-state index contributed by atoms with van der Waals surface area (Å²) in [6, 6.07) is 11.9. The number of rotatable bonds is 5. The minimum absolute atomic E-state index is 0.0734. The van der Waals surface area contributed by atoms with Crippen LogP contribution in [0, 0.1) is 6.92 Å². The van der Waals surface area contributed by atoms with Gasteiger partial charge in [-0.15, -0.1) is 0 Å². The largest absolute Gasteiger partial charge is 0.326 e. The van der Waals surface area contributed by atoms with Gasteiger partial charge in [-0.25, -0.2) is 8.42 Å². The Labute approximate surface area is 171 Å². The van der Waals surface area contributed by atoms with Gasteiger partial charge >= 0.3 is 0 Å². The van der Waals surface area contributed by atoms with Crippen molar-refractivity contribution < 1.29 is 18.0 Å². The first-order valence-electron chi connectivity index (χ1n) is 9.47. The number of fused-ring (bicyclic) bond motifs is 1. The minimum atomic E-state index is -3.57. The molecular formula is C21H25N3O4S. The van der Waals surface area contributed by atoms with Crippen molar-refractivity contribution >= 4 is 33.2 Å². The predicted octanol–water partition coefficient (Wildman–Crippen LogP) is 2.67. The van der Waals surface area contributed by atoms with E-state index in [4.69, 9.17) is 0 Å². The lowest BCUT2D eigenvalue weighted by atomic mass is 9.95. The van der Waals surface area contributed by atoms with Crippen molar-refractivity contribution in [3.05, 3.63) is 59.2 Å². The molecule has 0 spiro atoms. The summed E-state index contributed by atoms with van der Waals surface area (Å²) in [5.41, 5.74) is 3.73. The molecule has 2 aromatic carbocycles. The third kappa shape index (κ3) is 4.49. The number of carbonyl (C=O) groups excluding carboxylic acids is 2. The highest BCUT2D eigenvalue weighted by Gasteiger charge is 2.38. The smallest absolute Gasteiger partial charge is 0.243 e. The molecule has 1 atom stereocenters. The Morgan fingerprint density at radius 2 is 1.66 bits per heavy atom. The molecule has 1 aliphatic rings. The molecule has 0 unspecified atom stereocenters. The Kier molecular flexibility index (Phi) is 6.04. The molecule has 0 aromatic heterocycles. The van der Waals surface area contributed by atoms with Crippen molar-refractivity contribution in [3.63, 3.8) is 0 Å². The maximum atomic E-state index is 13.1.